The first-order valence-corrected chi connectivity index (χ1v) is 18.5. The van der Waals surface area contributed by atoms with E-state index in [-0.39, 0.29) is 0 Å². The zero-order chi connectivity index (χ0) is 25.5. The maximum atomic E-state index is 2.48. The van der Waals surface area contributed by atoms with Crippen LogP contribution in [0.4, 0.5) is 0 Å². The number of fused-ring (bicyclic) bond motifs is 1. The third-order valence-electron chi connectivity index (χ3n) is 8.02. The van der Waals surface area contributed by atoms with Gasteiger partial charge in [0.1, 0.15) is 0 Å². The molecular weight excluding hydrogens is 505 g/mol. The number of aryl methyl sites for hydroxylation is 3. The number of rotatable bonds is 10. The normalized spacial score (nSPS) is 11.6. The Bertz CT molecular complexity index is 1380. The average molecular weight is 543 g/mol. The summed E-state index contributed by atoms with van der Waals surface area (Å²) in [4.78, 5) is 0. The molecule has 37 heavy (non-hydrogen) atoms. The van der Waals surface area contributed by atoms with Gasteiger partial charge >= 0.3 is 226 Å². The van der Waals surface area contributed by atoms with Crippen LogP contribution >= 0.6 is 0 Å². The summed E-state index contributed by atoms with van der Waals surface area (Å²) in [6, 6.07) is 46.0. The van der Waals surface area contributed by atoms with Gasteiger partial charge in [0.2, 0.25) is 0 Å². The fourth-order valence-corrected chi connectivity index (χ4v) is 16.8. The maximum absolute atomic E-state index is 2.96. The van der Waals surface area contributed by atoms with E-state index in [4.69, 9.17) is 0 Å². The Hall–Kier alpha value is -3.10. The van der Waals surface area contributed by atoms with Crippen molar-refractivity contribution in [2.45, 2.75) is 51.2 Å². The van der Waals surface area contributed by atoms with Crippen molar-refractivity contribution in [3.05, 3.63) is 138 Å². The molecule has 0 aliphatic rings. The second kappa shape index (κ2) is 12.0. The van der Waals surface area contributed by atoms with E-state index in [9.17, 15) is 0 Å². The van der Waals surface area contributed by atoms with E-state index in [0.29, 0.717) is 0 Å². The first kappa shape index (κ1) is 25.5. The van der Waals surface area contributed by atoms with Crippen molar-refractivity contribution in [1.82, 2.24) is 0 Å². The minimum atomic E-state index is -2.96. The Morgan fingerprint density at radius 3 is 1.70 bits per heavy atom. The van der Waals surface area contributed by atoms with Crippen molar-refractivity contribution < 1.29 is 0 Å². The van der Waals surface area contributed by atoms with Crippen molar-refractivity contribution in [3.8, 4) is 0 Å². The van der Waals surface area contributed by atoms with E-state index in [2.05, 4.69) is 135 Å². The fraction of sp³-hybridized carbons (Fsp3) is 0.222. The van der Waals surface area contributed by atoms with Crippen molar-refractivity contribution in [2.24, 2.45) is 0 Å². The number of benzene rings is 5. The molecule has 186 valence electrons. The van der Waals surface area contributed by atoms with Gasteiger partial charge in [0.15, 0.2) is 0 Å². The van der Waals surface area contributed by atoms with Gasteiger partial charge in [-0.15, -0.1) is 0 Å². The molecule has 0 aromatic heterocycles. The number of hydrogen-bond donors (Lipinski definition) is 0. The van der Waals surface area contributed by atoms with Gasteiger partial charge in [0, 0.05) is 0 Å². The third kappa shape index (κ3) is 5.60. The summed E-state index contributed by atoms with van der Waals surface area (Å²) in [5.41, 5.74) is 4.18. The van der Waals surface area contributed by atoms with Gasteiger partial charge in [-0.25, -0.2) is 0 Å². The van der Waals surface area contributed by atoms with Crippen molar-refractivity contribution >= 4 is 37.2 Å². The van der Waals surface area contributed by atoms with Gasteiger partial charge in [-0.2, -0.15) is 0 Å². The molecule has 0 radical (unpaired) electrons. The second-order valence-corrected chi connectivity index (χ2v) is 18.9. The molecule has 0 saturated carbocycles. The van der Waals surface area contributed by atoms with Crippen molar-refractivity contribution in [3.63, 3.8) is 0 Å². The van der Waals surface area contributed by atoms with Crippen LogP contribution in [0.15, 0.2) is 121 Å². The van der Waals surface area contributed by atoms with Gasteiger partial charge in [0.05, 0.1) is 0 Å². The zero-order valence-electron chi connectivity index (χ0n) is 22.3. The summed E-state index contributed by atoms with van der Waals surface area (Å²) in [7, 11) is 0. The summed E-state index contributed by atoms with van der Waals surface area (Å²) in [6.45, 7) is 4.41. The SMILES string of the molecule is Cc1ccc(CCCCC[CH2][Ge]([c]2ccccc2)([c]2ccccc2)[c]2ccc(C)c3ccccc23)cc1. The Labute approximate surface area is 225 Å². The van der Waals surface area contributed by atoms with Crippen LogP contribution in [0.1, 0.15) is 42.4 Å². The molecule has 5 aromatic rings. The molecule has 0 bridgehead atoms. The topological polar surface area (TPSA) is 0 Å². The fourth-order valence-electron chi connectivity index (χ4n) is 6.00. The van der Waals surface area contributed by atoms with Gasteiger partial charge in [-0.05, 0) is 0 Å². The second-order valence-electron chi connectivity index (χ2n) is 10.5. The van der Waals surface area contributed by atoms with E-state index in [1.54, 1.807) is 13.2 Å². The molecule has 0 saturated heterocycles. The van der Waals surface area contributed by atoms with E-state index >= 15 is 0 Å². The van der Waals surface area contributed by atoms with E-state index in [0.717, 1.165) is 0 Å². The molecule has 0 aliphatic heterocycles. The number of hydrogen-bond acceptors (Lipinski definition) is 0. The summed E-state index contributed by atoms with van der Waals surface area (Å²) in [6.07, 6.45) is 6.33. The van der Waals surface area contributed by atoms with E-state index in [1.807, 2.05) is 0 Å². The summed E-state index contributed by atoms with van der Waals surface area (Å²) < 4.78 is 4.75. The molecule has 5 aromatic carbocycles. The molecule has 0 heterocycles. The molecule has 0 atom stereocenters. The van der Waals surface area contributed by atoms with Crippen molar-refractivity contribution in [2.75, 3.05) is 0 Å². The van der Waals surface area contributed by atoms with Crippen LogP contribution in [-0.2, 0) is 6.42 Å². The standard InChI is InChI=1S/C36H38Ge/c1-29-22-25-31(26-23-29)15-7-3-4-14-28-37(32-16-8-5-9-17-32,33-18-10-6-11-19-33)36-27-24-30(2)34-20-12-13-21-35(34)36/h5-6,8-13,16-27H,3-4,7,14-15,28H2,1-2H3. The third-order valence-corrected chi connectivity index (χ3v) is 18.7. The zero-order valence-corrected chi connectivity index (χ0v) is 24.4. The molecule has 1 heteroatoms. The van der Waals surface area contributed by atoms with Gasteiger partial charge in [0.25, 0.3) is 0 Å². The molecule has 0 aliphatic carbocycles. The Morgan fingerprint density at radius 2 is 1.05 bits per heavy atom. The minimum absolute atomic E-state index is 1.19. The van der Waals surface area contributed by atoms with Crippen LogP contribution in [0.3, 0.4) is 0 Å². The van der Waals surface area contributed by atoms with Crippen LogP contribution < -0.4 is 13.2 Å². The van der Waals surface area contributed by atoms with Gasteiger partial charge in [-0.1, -0.05) is 0 Å². The summed E-state index contributed by atoms with van der Waals surface area (Å²) >= 11 is -2.96. The first-order chi connectivity index (χ1) is 18.2. The predicted octanol–water partition coefficient (Wildman–Crippen LogP) is 7.73. The van der Waals surface area contributed by atoms with Crippen molar-refractivity contribution in [1.29, 1.82) is 0 Å². The van der Waals surface area contributed by atoms with Crippen LogP contribution in [0.25, 0.3) is 10.8 Å². The van der Waals surface area contributed by atoms with E-state index in [1.165, 1.54) is 64.8 Å². The Kier molecular flexibility index (Phi) is 8.26. The van der Waals surface area contributed by atoms with Crippen LogP contribution in [-0.4, -0.2) is 13.3 Å². The Morgan fingerprint density at radius 1 is 0.486 bits per heavy atom. The first-order valence-electron chi connectivity index (χ1n) is 13.8. The van der Waals surface area contributed by atoms with Crippen LogP contribution in [0, 0.1) is 13.8 Å². The summed E-state index contributed by atoms with van der Waals surface area (Å²) in [5, 5.41) is 4.14. The molecule has 0 N–H and O–H groups in total. The monoisotopic (exact) mass is 544 g/mol. The van der Waals surface area contributed by atoms with Gasteiger partial charge in [-0.3, -0.25) is 0 Å². The van der Waals surface area contributed by atoms with Crippen LogP contribution in [0.2, 0.25) is 5.25 Å². The van der Waals surface area contributed by atoms with E-state index < -0.39 is 13.3 Å². The summed E-state index contributed by atoms with van der Waals surface area (Å²) in [5.74, 6) is 0. The predicted molar refractivity (Wildman–Crippen MR) is 164 cm³/mol. The Balaban J connectivity index is 1.48. The average Bonchev–Trinajstić information content (AvgIpc) is 2.95. The van der Waals surface area contributed by atoms with Gasteiger partial charge < -0.3 is 0 Å². The molecule has 5 rings (SSSR count). The number of unbranched alkanes of at least 4 members (excludes halogenated alkanes) is 3. The molecule has 0 nitrogen and oxygen atoms in total. The molecule has 0 spiro atoms. The van der Waals surface area contributed by atoms with Crippen LogP contribution in [0.5, 0.6) is 0 Å². The quantitative estimate of drug-likeness (QED) is 0.125. The molecule has 0 amide bonds. The molecule has 0 unspecified atom stereocenters. The molecule has 0 fully saturated rings. The molecular formula is C36H38Ge.